The Morgan fingerprint density at radius 3 is 2.62 bits per heavy atom. The molecular formula is C26H25FN6O2S2. The number of thioether (sulfide) groups is 1. The fourth-order valence-corrected chi connectivity index (χ4v) is 5.13. The average Bonchev–Trinajstić information content (AvgIpc) is 3.46. The third-order valence-electron chi connectivity index (χ3n) is 5.27. The van der Waals surface area contributed by atoms with Crippen LogP contribution in [0.15, 0.2) is 72.4 Å². The molecule has 0 saturated carbocycles. The van der Waals surface area contributed by atoms with Crippen LogP contribution < -0.4 is 10.6 Å². The summed E-state index contributed by atoms with van der Waals surface area (Å²) in [6, 6.07) is 15.2. The summed E-state index contributed by atoms with van der Waals surface area (Å²) in [5, 5.41) is 15.2. The minimum atomic E-state index is -0.397. The molecule has 2 amide bonds. The largest absolute Gasteiger partial charge is 0.352 e. The van der Waals surface area contributed by atoms with Crippen LogP contribution in [0.3, 0.4) is 0 Å². The number of thiazole rings is 1. The Morgan fingerprint density at radius 2 is 1.89 bits per heavy atom. The minimum absolute atomic E-state index is 0.135. The number of benzene rings is 2. The number of carbonyl (C=O) groups is 2. The van der Waals surface area contributed by atoms with Gasteiger partial charge in [0.2, 0.25) is 5.91 Å². The number of hydrogen-bond donors (Lipinski definition) is 2. The van der Waals surface area contributed by atoms with E-state index in [0.717, 1.165) is 16.1 Å². The molecule has 11 heteroatoms. The highest BCUT2D eigenvalue weighted by Gasteiger charge is 2.16. The molecule has 37 heavy (non-hydrogen) atoms. The molecule has 4 rings (SSSR count). The fraction of sp³-hybridized carbons (Fsp3) is 0.192. The number of allylic oxidation sites excluding steroid dienone is 1. The maximum absolute atomic E-state index is 13.1. The molecule has 0 fully saturated rings. The van der Waals surface area contributed by atoms with E-state index in [0.29, 0.717) is 41.2 Å². The molecule has 2 heterocycles. The summed E-state index contributed by atoms with van der Waals surface area (Å²) < 4.78 is 14.9. The second-order valence-corrected chi connectivity index (χ2v) is 10.1. The van der Waals surface area contributed by atoms with E-state index in [1.807, 2.05) is 41.8 Å². The quantitative estimate of drug-likeness (QED) is 0.212. The number of hydrogen-bond acceptors (Lipinski definition) is 7. The number of halogens is 1. The molecule has 8 nitrogen and oxygen atoms in total. The maximum Gasteiger partial charge on any atom is 0.251 e. The topological polar surface area (TPSA) is 102 Å². The SMILES string of the molecule is C=CCn1c(CCNC(=O)c2ccc(F)cc2)nnc1SCC(=O)Nc1nc(-c2ccccc2)c(C)s1. The minimum Gasteiger partial charge on any atom is -0.352 e. The number of nitrogens with one attached hydrogen (secondary N) is 2. The first-order chi connectivity index (χ1) is 17.9. The molecule has 0 atom stereocenters. The van der Waals surface area contributed by atoms with Gasteiger partial charge in [0.1, 0.15) is 11.6 Å². The lowest BCUT2D eigenvalue weighted by Crippen LogP contribution is -2.26. The summed E-state index contributed by atoms with van der Waals surface area (Å²) in [5.41, 5.74) is 2.24. The van der Waals surface area contributed by atoms with Gasteiger partial charge in [0, 0.05) is 35.5 Å². The van der Waals surface area contributed by atoms with E-state index in [2.05, 4.69) is 32.4 Å². The molecule has 0 saturated heterocycles. The van der Waals surface area contributed by atoms with Crippen LogP contribution in [0.25, 0.3) is 11.3 Å². The van der Waals surface area contributed by atoms with Crippen LogP contribution in [-0.4, -0.2) is 43.9 Å². The summed E-state index contributed by atoms with van der Waals surface area (Å²) in [7, 11) is 0. The number of carbonyl (C=O) groups excluding carboxylic acids is 2. The van der Waals surface area contributed by atoms with Gasteiger partial charge in [-0.15, -0.1) is 28.1 Å². The second kappa shape index (κ2) is 12.4. The Balaban J connectivity index is 1.32. The first-order valence-corrected chi connectivity index (χ1v) is 13.3. The molecular weight excluding hydrogens is 511 g/mol. The van der Waals surface area contributed by atoms with Gasteiger partial charge < -0.3 is 15.2 Å². The summed E-state index contributed by atoms with van der Waals surface area (Å²) in [6.45, 7) is 6.55. The van der Waals surface area contributed by atoms with E-state index in [-0.39, 0.29) is 17.6 Å². The van der Waals surface area contributed by atoms with Crippen LogP contribution in [0.4, 0.5) is 9.52 Å². The number of nitrogens with zero attached hydrogens (tertiary/aromatic N) is 4. The highest BCUT2D eigenvalue weighted by Crippen LogP contribution is 2.30. The van der Waals surface area contributed by atoms with Gasteiger partial charge in [-0.25, -0.2) is 9.37 Å². The van der Waals surface area contributed by atoms with Gasteiger partial charge in [0.15, 0.2) is 10.3 Å². The van der Waals surface area contributed by atoms with Crippen molar-refractivity contribution < 1.29 is 14.0 Å². The number of amides is 2. The lowest BCUT2D eigenvalue weighted by atomic mass is 10.1. The lowest BCUT2D eigenvalue weighted by Gasteiger charge is -2.08. The fourth-order valence-electron chi connectivity index (χ4n) is 3.51. The highest BCUT2D eigenvalue weighted by molar-refractivity contribution is 7.99. The van der Waals surface area contributed by atoms with E-state index >= 15 is 0 Å². The number of aromatic nitrogens is 4. The third-order valence-corrected chi connectivity index (χ3v) is 7.12. The van der Waals surface area contributed by atoms with Crippen LogP contribution in [0.2, 0.25) is 0 Å². The standard InChI is InChI=1S/C26H25FN6O2S2/c1-3-15-33-21(13-14-28-24(35)19-9-11-20(27)12-10-19)31-32-26(33)36-16-22(34)29-25-30-23(17(2)37-25)18-7-5-4-6-8-18/h3-12H,1,13-16H2,2H3,(H,28,35)(H,29,30,34). The molecule has 0 aliphatic heterocycles. The van der Waals surface area contributed by atoms with Crippen molar-refractivity contribution in [3.63, 3.8) is 0 Å². The Labute approximate surface area is 222 Å². The Hall–Kier alpha value is -3.83. The van der Waals surface area contributed by atoms with Gasteiger partial charge in [-0.05, 0) is 31.2 Å². The second-order valence-electron chi connectivity index (χ2n) is 7.94. The van der Waals surface area contributed by atoms with Crippen molar-refractivity contribution in [1.82, 2.24) is 25.1 Å². The lowest BCUT2D eigenvalue weighted by molar-refractivity contribution is -0.113. The zero-order valence-corrected chi connectivity index (χ0v) is 21.7. The van der Waals surface area contributed by atoms with E-state index in [1.165, 1.54) is 47.4 Å². The van der Waals surface area contributed by atoms with Gasteiger partial charge in [0.25, 0.3) is 5.91 Å². The van der Waals surface area contributed by atoms with Gasteiger partial charge in [-0.3, -0.25) is 9.59 Å². The molecule has 190 valence electrons. The number of rotatable bonds is 11. The van der Waals surface area contributed by atoms with Crippen LogP contribution in [-0.2, 0) is 17.8 Å². The van der Waals surface area contributed by atoms with E-state index in [1.54, 1.807) is 6.08 Å². The van der Waals surface area contributed by atoms with Crippen LogP contribution in [0.5, 0.6) is 0 Å². The molecule has 2 N–H and O–H groups in total. The molecule has 0 bridgehead atoms. The van der Waals surface area contributed by atoms with Gasteiger partial charge in [-0.1, -0.05) is 48.2 Å². The van der Waals surface area contributed by atoms with Crippen molar-refractivity contribution in [2.75, 3.05) is 17.6 Å². The van der Waals surface area contributed by atoms with Crippen LogP contribution in [0, 0.1) is 12.7 Å². The van der Waals surface area contributed by atoms with Gasteiger partial charge >= 0.3 is 0 Å². The Kier molecular flexibility index (Phi) is 8.81. The molecule has 0 aliphatic carbocycles. The Morgan fingerprint density at radius 1 is 1.14 bits per heavy atom. The van der Waals surface area contributed by atoms with E-state index in [4.69, 9.17) is 0 Å². The molecule has 0 spiro atoms. The normalized spacial score (nSPS) is 10.8. The summed E-state index contributed by atoms with van der Waals surface area (Å²) in [5.74, 6) is -0.0964. The predicted octanol–water partition coefficient (Wildman–Crippen LogP) is 4.74. The molecule has 0 aliphatic rings. The summed E-state index contributed by atoms with van der Waals surface area (Å²) in [6.07, 6.45) is 2.15. The average molecular weight is 537 g/mol. The van der Waals surface area contributed by atoms with E-state index < -0.39 is 5.82 Å². The molecule has 2 aromatic heterocycles. The molecule has 0 radical (unpaired) electrons. The zero-order chi connectivity index (χ0) is 26.2. The van der Waals surface area contributed by atoms with Gasteiger partial charge in [0.05, 0.1) is 11.4 Å². The van der Waals surface area contributed by atoms with Crippen LogP contribution in [0.1, 0.15) is 21.1 Å². The molecule has 4 aromatic rings. The summed E-state index contributed by atoms with van der Waals surface area (Å²) in [4.78, 5) is 30.5. The van der Waals surface area contributed by atoms with Crippen molar-refractivity contribution in [3.8, 4) is 11.3 Å². The van der Waals surface area contributed by atoms with Gasteiger partial charge in [-0.2, -0.15) is 0 Å². The van der Waals surface area contributed by atoms with Crippen molar-refractivity contribution >= 4 is 40.0 Å². The maximum atomic E-state index is 13.1. The van der Waals surface area contributed by atoms with Crippen molar-refractivity contribution in [3.05, 3.63) is 89.3 Å². The van der Waals surface area contributed by atoms with Crippen molar-refractivity contribution in [2.45, 2.75) is 25.0 Å². The zero-order valence-electron chi connectivity index (χ0n) is 20.1. The number of aryl methyl sites for hydroxylation is 1. The Bertz CT molecular complexity index is 1390. The smallest absolute Gasteiger partial charge is 0.251 e. The highest BCUT2D eigenvalue weighted by atomic mass is 32.2. The molecule has 2 aromatic carbocycles. The molecule has 0 unspecified atom stereocenters. The third kappa shape index (κ3) is 6.89. The first kappa shape index (κ1) is 26.2. The van der Waals surface area contributed by atoms with Crippen molar-refractivity contribution in [1.29, 1.82) is 0 Å². The monoisotopic (exact) mass is 536 g/mol. The van der Waals surface area contributed by atoms with Crippen LogP contribution >= 0.6 is 23.1 Å². The number of anilines is 1. The predicted molar refractivity (Wildman–Crippen MR) is 144 cm³/mol. The summed E-state index contributed by atoms with van der Waals surface area (Å²) >= 11 is 2.70. The van der Waals surface area contributed by atoms with Crippen molar-refractivity contribution in [2.24, 2.45) is 0 Å². The first-order valence-electron chi connectivity index (χ1n) is 11.5. The van der Waals surface area contributed by atoms with E-state index in [9.17, 15) is 14.0 Å².